The van der Waals surface area contributed by atoms with E-state index in [9.17, 15) is 38.4 Å². The molecule has 6 fully saturated rings. The van der Waals surface area contributed by atoms with E-state index in [0.717, 1.165) is 43.4 Å². The molecule has 3 aromatic carbocycles. The van der Waals surface area contributed by atoms with Gasteiger partial charge in [-0.25, -0.2) is 14.6 Å². The summed E-state index contributed by atoms with van der Waals surface area (Å²) in [5.74, 6) is -2.02. The third-order valence-electron chi connectivity index (χ3n) is 17.1. The molecular formula is C58H76N12O8. The van der Waals surface area contributed by atoms with Crippen LogP contribution < -0.4 is 37.2 Å². The number of hydrogen-bond donors (Lipinski definition) is 7. The van der Waals surface area contributed by atoms with Gasteiger partial charge in [-0.3, -0.25) is 28.8 Å². The molecule has 10 amide bonds. The summed E-state index contributed by atoms with van der Waals surface area (Å²) in [6.07, 6.45) is 8.16. The fourth-order valence-corrected chi connectivity index (χ4v) is 12.5. The molecule has 0 bridgehead atoms. The Bertz CT molecular complexity index is 2710. The Kier molecular flexibility index (Phi) is 17.9. The van der Waals surface area contributed by atoms with Crippen LogP contribution in [0, 0.1) is 0 Å². The molecule has 0 radical (unpaired) electrons. The molecule has 416 valence electrons. The number of fused-ring (bicyclic) bond motifs is 2. The number of carbonyl (C=O) groups is 8. The SMILES string of the molecule is CN[C@@H](C)C(=O)NC1CN(C(=O)Nc2ccc(NC(=O)N3CC[C@H]4CC[C@@H](C(=O)/N=C5\CCC[C@H]5c5ccccc5)N4C(=O)[C@@H](NC(=O)[C@H](C)NC)C3)cc2)CCC2CCC(C(=O)N[C@@H]3CCC[C@H]3c3ccccc3)N2C1=O. The quantitative estimate of drug-likeness (QED) is 0.127. The van der Waals surface area contributed by atoms with Crippen LogP contribution in [-0.4, -0.2) is 167 Å². The number of nitrogens with zero attached hydrogens (tertiary/aromatic N) is 5. The summed E-state index contributed by atoms with van der Waals surface area (Å²) in [7, 11) is 3.28. The van der Waals surface area contributed by atoms with Crippen molar-refractivity contribution < 1.29 is 38.4 Å². The molecule has 78 heavy (non-hydrogen) atoms. The molecule has 7 N–H and O–H groups in total. The van der Waals surface area contributed by atoms with Gasteiger partial charge in [0.25, 0.3) is 5.91 Å². The first-order valence-corrected chi connectivity index (χ1v) is 28.0. The minimum Gasteiger partial charge on any atom is -0.351 e. The Labute approximate surface area is 456 Å². The van der Waals surface area contributed by atoms with E-state index in [1.54, 1.807) is 62.0 Å². The van der Waals surface area contributed by atoms with Crippen molar-refractivity contribution in [2.45, 2.75) is 157 Å². The van der Waals surface area contributed by atoms with Crippen LogP contribution in [0.25, 0.3) is 0 Å². The number of nitrogens with one attached hydrogen (secondary N) is 7. The number of amides is 10. The Morgan fingerprint density at radius 2 is 1.05 bits per heavy atom. The topological polar surface area (TPSA) is 246 Å². The highest BCUT2D eigenvalue weighted by molar-refractivity contribution is 6.04. The second-order valence-corrected chi connectivity index (χ2v) is 21.9. The summed E-state index contributed by atoms with van der Waals surface area (Å²) in [5, 5.41) is 20.7. The number of likely N-dealkylation sites (N-methyl/N-ethyl adjacent to an activating group) is 2. The second kappa shape index (κ2) is 25.1. The number of aliphatic imine (C=N–C) groups is 1. The van der Waals surface area contributed by atoms with Crippen molar-refractivity contribution in [1.29, 1.82) is 0 Å². The summed E-state index contributed by atoms with van der Waals surface area (Å²) in [5.41, 5.74) is 3.94. The van der Waals surface area contributed by atoms with E-state index >= 15 is 0 Å². The lowest BCUT2D eigenvalue weighted by atomic mass is 9.94. The fraction of sp³-hybridized carbons (Fsp3) is 0.534. The molecular weight excluding hydrogens is 993 g/mol. The number of urea groups is 2. The molecule has 3 unspecified atom stereocenters. The number of benzene rings is 3. The van der Waals surface area contributed by atoms with Crippen LogP contribution in [0.4, 0.5) is 21.0 Å². The van der Waals surface area contributed by atoms with Crippen molar-refractivity contribution in [2.75, 3.05) is 50.9 Å². The Hall–Kier alpha value is -7.19. The van der Waals surface area contributed by atoms with Crippen molar-refractivity contribution in [3.8, 4) is 0 Å². The fourth-order valence-electron chi connectivity index (χ4n) is 12.5. The number of carbonyl (C=O) groups excluding carboxylic acids is 8. The van der Waals surface area contributed by atoms with Crippen LogP contribution in [0.3, 0.4) is 0 Å². The van der Waals surface area contributed by atoms with Crippen LogP contribution in [0.15, 0.2) is 89.9 Å². The summed E-state index contributed by atoms with van der Waals surface area (Å²) >= 11 is 0. The highest BCUT2D eigenvalue weighted by atomic mass is 16.2. The van der Waals surface area contributed by atoms with Gasteiger partial charge in [0, 0.05) is 60.1 Å². The maximum atomic E-state index is 14.6. The van der Waals surface area contributed by atoms with Crippen molar-refractivity contribution in [3.63, 3.8) is 0 Å². The normalized spacial score (nSPS) is 27.6. The van der Waals surface area contributed by atoms with E-state index in [2.05, 4.69) is 66.5 Å². The van der Waals surface area contributed by atoms with Crippen LogP contribution >= 0.6 is 0 Å². The zero-order chi connectivity index (χ0) is 55.0. The number of hydrogen-bond acceptors (Lipinski definition) is 10. The smallest absolute Gasteiger partial charge is 0.321 e. The van der Waals surface area contributed by atoms with Gasteiger partial charge < -0.3 is 56.8 Å². The van der Waals surface area contributed by atoms with Crippen LogP contribution in [0.2, 0.25) is 0 Å². The molecule has 3 aromatic rings. The molecule has 2 aliphatic carbocycles. The maximum Gasteiger partial charge on any atom is 0.321 e. The maximum absolute atomic E-state index is 14.6. The van der Waals surface area contributed by atoms with E-state index < -0.39 is 71.9 Å². The Morgan fingerprint density at radius 3 is 1.58 bits per heavy atom. The van der Waals surface area contributed by atoms with E-state index in [0.29, 0.717) is 56.3 Å². The zero-order valence-corrected chi connectivity index (χ0v) is 45.2. The van der Waals surface area contributed by atoms with Crippen molar-refractivity contribution in [1.82, 2.24) is 46.2 Å². The van der Waals surface area contributed by atoms with Gasteiger partial charge in [0.15, 0.2) is 0 Å². The highest BCUT2D eigenvalue weighted by Crippen LogP contribution is 2.37. The van der Waals surface area contributed by atoms with Gasteiger partial charge in [0.1, 0.15) is 24.2 Å². The summed E-state index contributed by atoms with van der Waals surface area (Å²) in [4.78, 5) is 123. The van der Waals surface area contributed by atoms with Gasteiger partial charge in [-0.1, -0.05) is 67.1 Å². The standard InChI is InChI=1S/C58H76N12O8/c1-35(59-3)51(71)65-47-33-67(31-29-41-25-27-49(69(41)55(47)75)53(73)63-45-19-11-17-43(45)37-13-7-5-8-14-37)57(77)61-39-21-23-40(24-22-39)62-58(78)68-32-30-42-26-28-50(70(42)56(76)48(34-68)66-52(72)36(2)60-4)54(74)64-46-20-12-18-44(46)38-15-9-6-10-16-38/h5-10,13-16,21-24,35-36,41-45,47-50,59-60H,11-12,17-20,25-34H2,1-4H3,(H,61,77)(H,62,78)(H,63,73)(H,65,71)(H,66,72)/b64-46+/t35-,36-,41?,42+,43-,44-,45+,47?,48-,49?,50-/m0/s1. The lowest BCUT2D eigenvalue weighted by Crippen LogP contribution is -2.62. The second-order valence-electron chi connectivity index (χ2n) is 21.9. The Balaban J connectivity index is 0.840. The lowest BCUT2D eigenvalue weighted by Gasteiger charge is -2.39. The summed E-state index contributed by atoms with van der Waals surface area (Å²) in [6, 6.07) is 20.0. The predicted molar refractivity (Wildman–Crippen MR) is 296 cm³/mol. The van der Waals surface area contributed by atoms with Gasteiger partial charge >= 0.3 is 12.1 Å². The van der Waals surface area contributed by atoms with E-state index in [4.69, 9.17) is 0 Å². The zero-order valence-electron chi connectivity index (χ0n) is 45.2. The Morgan fingerprint density at radius 1 is 0.551 bits per heavy atom. The largest absolute Gasteiger partial charge is 0.351 e. The number of rotatable bonds is 13. The van der Waals surface area contributed by atoms with E-state index in [1.807, 2.05) is 36.4 Å². The molecule has 6 aliphatic rings. The monoisotopic (exact) mass is 1070 g/mol. The van der Waals surface area contributed by atoms with Crippen molar-refractivity contribution in [3.05, 3.63) is 96.1 Å². The van der Waals surface area contributed by atoms with Gasteiger partial charge in [-0.15, -0.1) is 0 Å². The molecule has 11 atom stereocenters. The summed E-state index contributed by atoms with van der Waals surface area (Å²) < 4.78 is 0. The molecule has 4 heterocycles. The van der Waals surface area contributed by atoms with Crippen LogP contribution in [-0.2, 0) is 28.8 Å². The van der Waals surface area contributed by atoms with E-state index in [-0.39, 0.29) is 68.0 Å². The average molecular weight is 1070 g/mol. The lowest BCUT2D eigenvalue weighted by molar-refractivity contribution is -0.145. The average Bonchev–Trinajstić information content (AvgIpc) is 4.42. The summed E-state index contributed by atoms with van der Waals surface area (Å²) in [6.45, 7) is 3.56. The number of anilines is 2. The first-order chi connectivity index (χ1) is 37.7. The van der Waals surface area contributed by atoms with Crippen LogP contribution in [0.5, 0.6) is 0 Å². The van der Waals surface area contributed by atoms with Crippen LogP contribution in [0.1, 0.15) is 114 Å². The van der Waals surface area contributed by atoms with Crippen molar-refractivity contribution >= 4 is 64.6 Å². The first kappa shape index (κ1) is 55.6. The predicted octanol–water partition coefficient (Wildman–Crippen LogP) is 4.45. The minimum absolute atomic E-state index is 0.0453. The van der Waals surface area contributed by atoms with Crippen molar-refractivity contribution in [2.24, 2.45) is 4.99 Å². The molecule has 9 rings (SSSR count). The molecule has 4 saturated heterocycles. The molecule has 0 aromatic heterocycles. The minimum atomic E-state index is -1.14. The molecule has 0 spiro atoms. The third kappa shape index (κ3) is 12.5. The van der Waals surface area contributed by atoms with Gasteiger partial charge in [-0.2, -0.15) is 0 Å². The van der Waals surface area contributed by atoms with Gasteiger partial charge in [0.05, 0.1) is 25.2 Å². The molecule has 2 saturated carbocycles. The van der Waals surface area contributed by atoms with Gasteiger partial charge in [0.2, 0.25) is 29.5 Å². The third-order valence-corrected chi connectivity index (χ3v) is 17.1. The highest BCUT2D eigenvalue weighted by Gasteiger charge is 2.48. The van der Waals surface area contributed by atoms with Gasteiger partial charge in [-0.05, 0) is 134 Å². The first-order valence-electron chi connectivity index (χ1n) is 28.0. The molecule has 20 nitrogen and oxygen atoms in total. The molecule has 20 heteroatoms. The molecule has 4 aliphatic heterocycles. The van der Waals surface area contributed by atoms with E-state index in [1.165, 1.54) is 15.4 Å².